The molecule has 0 aromatic heterocycles. The second kappa shape index (κ2) is 8.89. The molecule has 1 amide bonds. The van der Waals surface area contributed by atoms with Crippen LogP contribution in [-0.4, -0.2) is 32.8 Å². The SMILES string of the molecule is COc1cc(CN2C(=O)C3(OCCCO3)c3cc(C)ccc32)ccc1OCCC(C)C. The van der Waals surface area contributed by atoms with Gasteiger partial charge in [0.1, 0.15) is 0 Å². The van der Waals surface area contributed by atoms with E-state index in [1.54, 1.807) is 12.0 Å². The van der Waals surface area contributed by atoms with Gasteiger partial charge in [-0.15, -0.1) is 0 Å². The van der Waals surface area contributed by atoms with Gasteiger partial charge >= 0.3 is 0 Å². The number of ether oxygens (including phenoxy) is 4. The van der Waals surface area contributed by atoms with E-state index in [0.29, 0.717) is 43.8 Å². The van der Waals surface area contributed by atoms with Crippen LogP contribution >= 0.6 is 0 Å². The molecule has 166 valence electrons. The first-order chi connectivity index (χ1) is 14.9. The third kappa shape index (κ3) is 4.14. The third-order valence-electron chi connectivity index (χ3n) is 5.74. The van der Waals surface area contributed by atoms with E-state index in [2.05, 4.69) is 13.8 Å². The lowest BCUT2D eigenvalue weighted by Gasteiger charge is -2.32. The number of rotatable bonds is 7. The number of aryl methyl sites for hydroxylation is 1. The summed E-state index contributed by atoms with van der Waals surface area (Å²) in [7, 11) is 1.63. The Hall–Kier alpha value is -2.57. The summed E-state index contributed by atoms with van der Waals surface area (Å²) < 4.78 is 23.4. The van der Waals surface area contributed by atoms with Crippen LogP contribution in [0.2, 0.25) is 0 Å². The molecular weight excluding hydrogens is 394 g/mol. The molecule has 0 N–H and O–H groups in total. The van der Waals surface area contributed by atoms with Gasteiger partial charge in [-0.2, -0.15) is 0 Å². The molecule has 1 fully saturated rings. The number of methoxy groups -OCH3 is 1. The Labute approximate surface area is 184 Å². The lowest BCUT2D eigenvalue weighted by molar-refractivity contribution is -0.256. The maximum Gasteiger partial charge on any atom is 0.292 e. The summed E-state index contributed by atoms with van der Waals surface area (Å²) in [5.41, 5.74) is 3.63. The molecular formula is C25H31NO5. The summed E-state index contributed by atoms with van der Waals surface area (Å²) in [6, 6.07) is 11.8. The normalized spacial score (nSPS) is 17.3. The van der Waals surface area contributed by atoms with Gasteiger partial charge in [-0.1, -0.05) is 31.5 Å². The fourth-order valence-corrected chi connectivity index (χ4v) is 4.04. The molecule has 1 spiro atoms. The van der Waals surface area contributed by atoms with Crippen molar-refractivity contribution in [2.45, 2.75) is 45.9 Å². The average Bonchev–Trinajstić information content (AvgIpc) is 2.97. The van der Waals surface area contributed by atoms with Gasteiger partial charge < -0.3 is 23.8 Å². The van der Waals surface area contributed by atoms with E-state index in [1.807, 2.05) is 43.3 Å². The van der Waals surface area contributed by atoms with Crippen molar-refractivity contribution in [1.29, 1.82) is 0 Å². The molecule has 0 atom stereocenters. The Morgan fingerprint density at radius 3 is 2.58 bits per heavy atom. The number of carbonyl (C=O) groups is 1. The zero-order valence-corrected chi connectivity index (χ0v) is 18.8. The Bertz CT molecular complexity index is 949. The first-order valence-corrected chi connectivity index (χ1v) is 11.0. The Morgan fingerprint density at radius 2 is 1.87 bits per heavy atom. The molecule has 0 radical (unpaired) electrons. The molecule has 6 heteroatoms. The zero-order chi connectivity index (χ0) is 22.0. The third-order valence-corrected chi connectivity index (χ3v) is 5.74. The summed E-state index contributed by atoms with van der Waals surface area (Å²) >= 11 is 0. The Kier molecular flexibility index (Phi) is 6.21. The minimum absolute atomic E-state index is 0.177. The molecule has 2 aliphatic rings. The number of carbonyl (C=O) groups excluding carboxylic acids is 1. The number of hydrogen-bond acceptors (Lipinski definition) is 5. The van der Waals surface area contributed by atoms with Crippen molar-refractivity contribution in [3.05, 3.63) is 53.1 Å². The van der Waals surface area contributed by atoms with Gasteiger partial charge in [0.25, 0.3) is 11.7 Å². The minimum atomic E-state index is -1.33. The van der Waals surface area contributed by atoms with Gasteiger partial charge in [-0.3, -0.25) is 4.79 Å². The van der Waals surface area contributed by atoms with Crippen molar-refractivity contribution >= 4 is 11.6 Å². The lowest BCUT2D eigenvalue weighted by Crippen LogP contribution is -2.47. The van der Waals surface area contributed by atoms with Crippen LogP contribution in [0, 0.1) is 12.8 Å². The van der Waals surface area contributed by atoms with E-state index in [1.165, 1.54) is 0 Å². The first-order valence-electron chi connectivity index (χ1n) is 11.0. The van der Waals surface area contributed by atoms with Crippen molar-refractivity contribution in [3.8, 4) is 11.5 Å². The second-order valence-electron chi connectivity index (χ2n) is 8.60. The van der Waals surface area contributed by atoms with Crippen LogP contribution in [0.15, 0.2) is 36.4 Å². The molecule has 0 aliphatic carbocycles. The molecule has 1 saturated heterocycles. The van der Waals surface area contributed by atoms with E-state index in [0.717, 1.165) is 35.2 Å². The topological polar surface area (TPSA) is 57.2 Å². The highest BCUT2D eigenvalue weighted by Gasteiger charge is 2.54. The molecule has 2 aromatic rings. The maximum absolute atomic E-state index is 13.5. The van der Waals surface area contributed by atoms with E-state index >= 15 is 0 Å². The first kappa shape index (κ1) is 21.7. The van der Waals surface area contributed by atoms with Gasteiger partial charge in [0.15, 0.2) is 11.5 Å². The standard InChI is InChI=1S/C25H31NO5/c1-17(2)10-13-29-22-9-7-19(15-23(22)28-4)16-26-21-8-6-18(3)14-20(21)25(24(26)27)30-11-5-12-31-25/h6-9,14-15,17H,5,10-13,16H2,1-4H3. The molecule has 2 aromatic carbocycles. The predicted octanol–water partition coefficient (Wildman–Crippen LogP) is 4.57. The molecule has 0 unspecified atom stereocenters. The Morgan fingerprint density at radius 1 is 1.10 bits per heavy atom. The van der Waals surface area contributed by atoms with Gasteiger partial charge in [-0.05, 0) is 55.5 Å². The molecule has 6 nitrogen and oxygen atoms in total. The average molecular weight is 426 g/mol. The van der Waals surface area contributed by atoms with Crippen LogP contribution in [-0.2, 0) is 26.6 Å². The van der Waals surface area contributed by atoms with Crippen LogP contribution in [0.5, 0.6) is 11.5 Å². The van der Waals surface area contributed by atoms with Crippen molar-refractivity contribution in [2.75, 3.05) is 31.8 Å². The second-order valence-corrected chi connectivity index (χ2v) is 8.60. The van der Waals surface area contributed by atoms with Crippen LogP contribution in [0.3, 0.4) is 0 Å². The van der Waals surface area contributed by atoms with E-state index in [9.17, 15) is 4.79 Å². The molecule has 31 heavy (non-hydrogen) atoms. The van der Waals surface area contributed by atoms with Crippen molar-refractivity contribution < 1.29 is 23.7 Å². The molecule has 4 rings (SSSR count). The van der Waals surface area contributed by atoms with Gasteiger partial charge in [0.05, 0.1) is 39.2 Å². The quantitative estimate of drug-likeness (QED) is 0.651. The molecule has 2 heterocycles. The van der Waals surface area contributed by atoms with Gasteiger partial charge in [0, 0.05) is 5.56 Å². The summed E-state index contributed by atoms with van der Waals surface area (Å²) in [6.07, 6.45) is 1.76. The number of anilines is 1. The number of hydrogen-bond donors (Lipinski definition) is 0. The molecule has 0 saturated carbocycles. The lowest BCUT2D eigenvalue weighted by atomic mass is 10.0. The summed E-state index contributed by atoms with van der Waals surface area (Å²) in [5.74, 6) is 0.447. The van der Waals surface area contributed by atoms with Crippen LogP contribution in [0.25, 0.3) is 0 Å². The number of benzene rings is 2. The van der Waals surface area contributed by atoms with Gasteiger partial charge in [-0.25, -0.2) is 0 Å². The van der Waals surface area contributed by atoms with Crippen LogP contribution < -0.4 is 14.4 Å². The smallest absolute Gasteiger partial charge is 0.292 e. The highest BCUT2D eigenvalue weighted by Crippen LogP contribution is 2.46. The van der Waals surface area contributed by atoms with Crippen LogP contribution in [0.1, 0.15) is 43.4 Å². The fourth-order valence-electron chi connectivity index (χ4n) is 4.04. The molecule has 0 bridgehead atoms. The maximum atomic E-state index is 13.5. The summed E-state index contributed by atoms with van der Waals surface area (Å²) in [4.78, 5) is 15.2. The minimum Gasteiger partial charge on any atom is -0.493 e. The summed E-state index contributed by atoms with van der Waals surface area (Å²) in [6.45, 7) is 8.39. The van der Waals surface area contributed by atoms with E-state index in [-0.39, 0.29) is 5.91 Å². The molecule has 2 aliphatic heterocycles. The number of nitrogens with zero attached hydrogens (tertiary/aromatic N) is 1. The van der Waals surface area contributed by atoms with Crippen molar-refractivity contribution in [1.82, 2.24) is 0 Å². The predicted molar refractivity (Wildman–Crippen MR) is 119 cm³/mol. The highest BCUT2D eigenvalue weighted by atomic mass is 16.7. The highest BCUT2D eigenvalue weighted by molar-refractivity contribution is 6.06. The Balaban J connectivity index is 1.60. The van der Waals surface area contributed by atoms with E-state index < -0.39 is 5.79 Å². The van der Waals surface area contributed by atoms with E-state index in [4.69, 9.17) is 18.9 Å². The zero-order valence-electron chi connectivity index (χ0n) is 18.8. The number of fused-ring (bicyclic) bond motifs is 2. The fraction of sp³-hybridized carbons (Fsp3) is 0.480. The van der Waals surface area contributed by atoms with Crippen molar-refractivity contribution in [3.63, 3.8) is 0 Å². The summed E-state index contributed by atoms with van der Waals surface area (Å²) in [5, 5.41) is 0. The number of amides is 1. The monoisotopic (exact) mass is 425 g/mol. The van der Waals surface area contributed by atoms with Crippen LogP contribution in [0.4, 0.5) is 5.69 Å². The van der Waals surface area contributed by atoms with Gasteiger partial charge in [0.2, 0.25) is 0 Å². The van der Waals surface area contributed by atoms with Crippen molar-refractivity contribution in [2.24, 2.45) is 5.92 Å². The largest absolute Gasteiger partial charge is 0.493 e.